The van der Waals surface area contributed by atoms with Gasteiger partial charge in [0.2, 0.25) is 0 Å². The van der Waals surface area contributed by atoms with E-state index in [9.17, 15) is 0 Å². The van der Waals surface area contributed by atoms with Crippen molar-refractivity contribution in [2.24, 2.45) is 0 Å². The van der Waals surface area contributed by atoms with Crippen molar-refractivity contribution >= 4 is 30.3 Å². The first kappa shape index (κ1) is 9.62. The van der Waals surface area contributed by atoms with Crippen LogP contribution >= 0.6 is 24.2 Å². The first-order chi connectivity index (χ1) is 5.83. The van der Waals surface area contributed by atoms with Gasteiger partial charge < -0.3 is 0 Å². The Morgan fingerprint density at radius 2 is 2.33 bits per heavy atom. The van der Waals surface area contributed by atoms with Gasteiger partial charge in [-0.3, -0.25) is 4.98 Å². The molecular weight excluding hydrogens is 190 g/mol. The predicted octanol–water partition coefficient (Wildman–Crippen LogP) is 3.07. The van der Waals surface area contributed by atoms with E-state index in [1.807, 2.05) is 12.1 Å². The Morgan fingerprint density at radius 3 is 3.00 bits per heavy atom. The van der Waals surface area contributed by atoms with Crippen LogP contribution in [0, 0.1) is 0 Å². The minimum absolute atomic E-state index is 0.669. The molecule has 64 valence electrons. The number of rotatable bonds is 3. The van der Waals surface area contributed by atoms with Crippen LogP contribution in [-0.2, 0) is 0 Å². The van der Waals surface area contributed by atoms with Crippen molar-refractivity contribution in [2.45, 2.75) is 6.42 Å². The number of thiol groups is 1. The normalized spacial score (nSPS) is 10.8. The van der Waals surface area contributed by atoms with Crippen molar-refractivity contribution < 1.29 is 0 Å². The third-order valence-electron chi connectivity index (χ3n) is 1.33. The highest BCUT2D eigenvalue weighted by Gasteiger charge is 1.88. The average Bonchev–Trinajstić information content (AvgIpc) is 2.05. The Kier molecular flexibility index (Phi) is 4.19. The molecule has 0 aliphatic carbocycles. The van der Waals surface area contributed by atoms with Gasteiger partial charge in [-0.2, -0.15) is 12.6 Å². The fourth-order valence-electron chi connectivity index (χ4n) is 0.813. The van der Waals surface area contributed by atoms with Crippen LogP contribution in [0.25, 0.3) is 6.08 Å². The summed E-state index contributed by atoms with van der Waals surface area (Å²) in [6.45, 7) is 0. The molecule has 0 aromatic carbocycles. The number of hydrogen-bond acceptors (Lipinski definition) is 2. The average molecular weight is 200 g/mol. The molecule has 1 nitrogen and oxygen atoms in total. The van der Waals surface area contributed by atoms with Gasteiger partial charge in [-0.05, 0) is 23.8 Å². The van der Waals surface area contributed by atoms with E-state index in [1.54, 1.807) is 12.4 Å². The molecule has 12 heavy (non-hydrogen) atoms. The Hall–Kier alpha value is -0.470. The molecule has 0 aliphatic heterocycles. The first-order valence-corrected chi connectivity index (χ1v) is 4.72. The highest BCUT2D eigenvalue weighted by molar-refractivity contribution is 7.80. The Morgan fingerprint density at radius 1 is 1.50 bits per heavy atom. The molecule has 1 heterocycles. The van der Waals surface area contributed by atoms with Crippen molar-refractivity contribution in [3.63, 3.8) is 0 Å². The van der Waals surface area contributed by atoms with Crippen molar-refractivity contribution in [3.8, 4) is 0 Å². The Bertz CT molecular complexity index is 273. The summed E-state index contributed by atoms with van der Waals surface area (Å²) in [5.74, 6) is 0.866. The van der Waals surface area contributed by atoms with Crippen molar-refractivity contribution in [1.82, 2.24) is 4.98 Å². The number of hydrogen-bond donors (Lipinski definition) is 1. The molecule has 3 heteroatoms. The molecule has 0 bridgehead atoms. The molecule has 0 amide bonds. The molecule has 0 atom stereocenters. The number of nitrogens with zero attached hydrogens (tertiary/aromatic N) is 1. The Labute approximate surface area is 82.9 Å². The molecule has 0 radical (unpaired) electrons. The molecule has 0 saturated carbocycles. The lowest BCUT2D eigenvalue weighted by Gasteiger charge is -1.92. The van der Waals surface area contributed by atoms with Gasteiger partial charge in [0.25, 0.3) is 0 Å². The van der Waals surface area contributed by atoms with Gasteiger partial charge in [0.1, 0.15) is 0 Å². The van der Waals surface area contributed by atoms with Crippen molar-refractivity contribution in [1.29, 1.82) is 0 Å². The molecule has 0 saturated heterocycles. The van der Waals surface area contributed by atoms with Crippen LogP contribution in [0.5, 0.6) is 0 Å². The molecule has 0 N–H and O–H groups in total. The van der Waals surface area contributed by atoms with E-state index in [1.165, 1.54) is 0 Å². The molecule has 1 aromatic heterocycles. The van der Waals surface area contributed by atoms with Crippen LogP contribution in [-0.4, -0.2) is 10.7 Å². The molecule has 1 aromatic rings. The second kappa shape index (κ2) is 5.22. The molecule has 0 aliphatic rings. The van der Waals surface area contributed by atoms with Crippen LogP contribution in [0.3, 0.4) is 0 Å². The second-order valence-corrected chi connectivity index (χ2v) is 3.23. The van der Waals surface area contributed by atoms with E-state index in [2.05, 4.69) is 23.7 Å². The summed E-state index contributed by atoms with van der Waals surface area (Å²) in [5, 5.41) is 0.669. The molecule has 1 rings (SSSR count). The zero-order valence-electron chi connectivity index (χ0n) is 6.57. The summed E-state index contributed by atoms with van der Waals surface area (Å²) in [6.07, 6.45) is 8.42. The quantitative estimate of drug-likeness (QED) is 0.739. The molecule has 0 unspecified atom stereocenters. The van der Waals surface area contributed by atoms with E-state index in [0.717, 1.165) is 17.7 Å². The van der Waals surface area contributed by atoms with E-state index >= 15 is 0 Å². The maximum Gasteiger partial charge on any atom is 0.0595 e. The number of halogens is 1. The number of allylic oxidation sites excluding steroid dienone is 1. The topological polar surface area (TPSA) is 12.9 Å². The monoisotopic (exact) mass is 199 g/mol. The van der Waals surface area contributed by atoms with Crippen molar-refractivity contribution in [3.05, 3.63) is 35.1 Å². The van der Waals surface area contributed by atoms with Crippen molar-refractivity contribution in [2.75, 3.05) is 5.75 Å². The third-order valence-corrected chi connectivity index (χ3v) is 1.80. The summed E-state index contributed by atoms with van der Waals surface area (Å²) < 4.78 is 0. The summed E-state index contributed by atoms with van der Waals surface area (Å²) in [4.78, 5) is 3.96. The van der Waals surface area contributed by atoms with Gasteiger partial charge in [0.15, 0.2) is 0 Å². The maximum atomic E-state index is 5.75. The third kappa shape index (κ3) is 3.28. The smallest absolute Gasteiger partial charge is 0.0595 e. The van der Waals surface area contributed by atoms with Gasteiger partial charge in [0, 0.05) is 12.4 Å². The highest BCUT2D eigenvalue weighted by Crippen LogP contribution is 2.09. The van der Waals surface area contributed by atoms with Crippen LogP contribution < -0.4 is 0 Å². The molecule has 0 spiro atoms. The Balaban J connectivity index is 2.63. The van der Waals surface area contributed by atoms with Crippen LogP contribution in [0.1, 0.15) is 12.0 Å². The summed E-state index contributed by atoms with van der Waals surface area (Å²) in [7, 11) is 0. The van der Waals surface area contributed by atoms with Crippen LogP contribution in [0.4, 0.5) is 0 Å². The lowest BCUT2D eigenvalue weighted by Crippen LogP contribution is -1.76. The largest absolute Gasteiger partial charge is 0.263 e. The van der Waals surface area contributed by atoms with E-state index in [0.29, 0.717) is 5.02 Å². The first-order valence-electron chi connectivity index (χ1n) is 3.71. The number of aromatic nitrogens is 1. The SMILES string of the molecule is SCCC=Cc1cncc(Cl)c1. The van der Waals surface area contributed by atoms with Gasteiger partial charge in [-0.1, -0.05) is 23.8 Å². The van der Waals surface area contributed by atoms with Gasteiger partial charge in [-0.25, -0.2) is 0 Å². The molecule has 0 fully saturated rings. The zero-order chi connectivity index (χ0) is 8.81. The minimum atomic E-state index is 0.669. The van der Waals surface area contributed by atoms with E-state index in [-0.39, 0.29) is 0 Å². The lowest BCUT2D eigenvalue weighted by atomic mass is 10.2. The van der Waals surface area contributed by atoms with Crippen LogP contribution in [0.15, 0.2) is 24.5 Å². The van der Waals surface area contributed by atoms with Gasteiger partial charge >= 0.3 is 0 Å². The fraction of sp³-hybridized carbons (Fsp3) is 0.222. The van der Waals surface area contributed by atoms with E-state index < -0.39 is 0 Å². The van der Waals surface area contributed by atoms with E-state index in [4.69, 9.17) is 11.6 Å². The van der Waals surface area contributed by atoms with Gasteiger partial charge in [0.05, 0.1) is 5.02 Å². The fourth-order valence-corrected chi connectivity index (χ4v) is 1.14. The summed E-state index contributed by atoms with van der Waals surface area (Å²) in [6, 6.07) is 1.88. The maximum absolute atomic E-state index is 5.75. The minimum Gasteiger partial charge on any atom is -0.263 e. The van der Waals surface area contributed by atoms with Crippen LogP contribution in [0.2, 0.25) is 5.02 Å². The summed E-state index contributed by atoms with van der Waals surface area (Å²) >= 11 is 9.84. The predicted molar refractivity (Wildman–Crippen MR) is 56.8 cm³/mol. The number of pyridine rings is 1. The lowest BCUT2D eigenvalue weighted by molar-refractivity contribution is 1.26. The second-order valence-electron chi connectivity index (χ2n) is 2.35. The standard InChI is InChI=1S/C9H10ClNS/c10-9-5-8(6-11-7-9)3-1-2-4-12/h1,3,5-7,12H,2,4H2. The highest BCUT2D eigenvalue weighted by atomic mass is 35.5. The van der Waals surface area contributed by atoms with Gasteiger partial charge in [-0.15, -0.1) is 0 Å². The molecular formula is C9H10ClNS. The summed E-state index contributed by atoms with van der Waals surface area (Å²) in [5.41, 5.74) is 1.03. The zero-order valence-corrected chi connectivity index (χ0v) is 8.22.